The van der Waals surface area contributed by atoms with Gasteiger partial charge in [-0.15, -0.1) is 0 Å². The van der Waals surface area contributed by atoms with Crippen molar-refractivity contribution in [3.63, 3.8) is 0 Å². The molecule has 1 aromatic heterocycles. The second kappa shape index (κ2) is 6.23. The molecule has 0 radical (unpaired) electrons. The minimum atomic E-state index is -0.254. The van der Waals surface area contributed by atoms with Crippen LogP contribution in [-0.2, 0) is 18.9 Å². The zero-order valence-electron chi connectivity index (χ0n) is 13.9. The van der Waals surface area contributed by atoms with Gasteiger partial charge >= 0.3 is 5.69 Å². The van der Waals surface area contributed by atoms with Gasteiger partial charge in [-0.1, -0.05) is 17.7 Å². The van der Waals surface area contributed by atoms with Gasteiger partial charge in [0.1, 0.15) is 5.75 Å². The minimum absolute atomic E-state index is 0.0746. The van der Waals surface area contributed by atoms with Crippen LogP contribution in [0.2, 0.25) is 0 Å². The minimum Gasteiger partial charge on any atom is -0.484 e. The summed E-state index contributed by atoms with van der Waals surface area (Å²) in [6.45, 7) is 1.92. The van der Waals surface area contributed by atoms with Gasteiger partial charge in [-0.3, -0.25) is 13.9 Å². The summed E-state index contributed by atoms with van der Waals surface area (Å²) in [6.07, 6.45) is 0. The quantitative estimate of drug-likeness (QED) is 0.800. The summed E-state index contributed by atoms with van der Waals surface area (Å²) in [5, 5.41) is 2.78. The van der Waals surface area contributed by atoms with Crippen molar-refractivity contribution in [1.82, 2.24) is 9.13 Å². The Morgan fingerprint density at radius 1 is 1.04 bits per heavy atom. The first-order chi connectivity index (χ1) is 11.5. The van der Waals surface area contributed by atoms with Gasteiger partial charge in [0.2, 0.25) is 0 Å². The van der Waals surface area contributed by atoms with Gasteiger partial charge in [-0.2, -0.15) is 0 Å². The molecule has 0 aliphatic heterocycles. The maximum absolute atomic E-state index is 12.0. The zero-order chi connectivity index (χ0) is 17.3. The summed E-state index contributed by atoms with van der Waals surface area (Å²) in [4.78, 5) is 24.0. The van der Waals surface area contributed by atoms with Gasteiger partial charge in [-0.05, 0) is 37.3 Å². The smallest absolute Gasteiger partial charge is 0.328 e. The number of hydrogen-bond acceptors (Lipinski definition) is 3. The number of hydrogen-bond donors (Lipinski definition) is 1. The van der Waals surface area contributed by atoms with Crippen LogP contribution in [0, 0.1) is 6.92 Å². The molecule has 1 amide bonds. The summed E-state index contributed by atoms with van der Waals surface area (Å²) < 4.78 is 8.58. The Hall–Kier alpha value is -3.02. The number of benzene rings is 2. The molecule has 24 heavy (non-hydrogen) atoms. The molecular weight excluding hydrogens is 306 g/mol. The lowest BCUT2D eigenvalue weighted by atomic mass is 10.2. The molecule has 0 saturated heterocycles. The highest BCUT2D eigenvalue weighted by Gasteiger charge is 2.10. The van der Waals surface area contributed by atoms with Crippen molar-refractivity contribution in [3.05, 3.63) is 58.5 Å². The van der Waals surface area contributed by atoms with Gasteiger partial charge in [0.15, 0.2) is 6.61 Å². The fourth-order valence-electron chi connectivity index (χ4n) is 2.56. The van der Waals surface area contributed by atoms with Gasteiger partial charge in [0.05, 0.1) is 11.0 Å². The molecule has 0 unspecified atom stereocenters. The second-order valence-corrected chi connectivity index (χ2v) is 5.75. The van der Waals surface area contributed by atoms with Crippen LogP contribution in [0.5, 0.6) is 5.75 Å². The number of anilines is 1. The molecular formula is C18H19N3O3. The number of aromatic nitrogens is 2. The van der Waals surface area contributed by atoms with Crippen molar-refractivity contribution in [2.24, 2.45) is 14.1 Å². The Balaban J connectivity index is 1.70. The van der Waals surface area contributed by atoms with Crippen molar-refractivity contribution >= 4 is 22.6 Å². The van der Waals surface area contributed by atoms with E-state index < -0.39 is 0 Å². The fourth-order valence-corrected chi connectivity index (χ4v) is 2.56. The third-order valence-corrected chi connectivity index (χ3v) is 3.95. The molecule has 0 saturated carbocycles. The highest BCUT2D eigenvalue weighted by molar-refractivity contribution is 5.94. The number of fused-ring (bicyclic) bond motifs is 1. The number of nitrogens with one attached hydrogen (secondary N) is 1. The van der Waals surface area contributed by atoms with E-state index in [0.717, 1.165) is 16.6 Å². The zero-order valence-corrected chi connectivity index (χ0v) is 13.9. The maximum Gasteiger partial charge on any atom is 0.328 e. The molecule has 0 bridgehead atoms. The van der Waals surface area contributed by atoms with Crippen LogP contribution in [0.3, 0.4) is 0 Å². The first-order valence-electron chi connectivity index (χ1n) is 7.60. The largest absolute Gasteiger partial charge is 0.484 e. The average Bonchev–Trinajstić information content (AvgIpc) is 2.79. The maximum atomic E-state index is 12.0. The Morgan fingerprint density at radius 2 is 1.71 bits per heavy atom. The third kappa shape index (κ3) is 3.03. The topological polar surface area (TPSA) is 65.3 Å². The Labute approximate surface area is 139 Å². The SMILES string of the molecule is Cc1ccc(OCC(=O)Nc2ccc3c(c2)n(C)c(=O)n3C)cc1. The fraction of sp³-hybridized carbons (Fsp3) is 0.222. The number of rotatable bonds is 4. The van der Waals surface area contributed by atoms with E-state index in [4.69, 9.17) is 4.74 Å². The third-order valence-electron chi connectivity index (χ3n) is 3.95. The second-order valence-electron chi connectivity index (χ2n) is 5.75. The highest BCUT2D eigenvalue weighted by atomic mass is 16.5. The van der Waals surface area contributed by atoms with Crippen molar-refractivity contribution in [1.29, 1.82) is 0 Å². The van der Waals surface area contributed by atoms with Crippen molar-refractivity contribution in [3.8, 4) is 5.75 Å². The number of imidazole rings is 1. The van der Waals surface area contributed by atoms with E-state index in [-0.39, 0.29) is 18.2 Å². The molecule has 1 heterocycles. The van der Waals surface area contributed by atoms with E-state index in [1.807, 2.05) is 37.3 Å². The van der Waals surface area contributed by atoms with Gasteiger partial charge < -0.3 is 10.1 Å². The number of amides is 1. The van der Waals surface area contributed by atoms with Gasteiger partial charge in [-0.25, -0.2) is 4.79 Å². The molecule has 1 N–H and O–H groups in total. The van der Waals surface area contributed by atoms with E-state index in [9.17, 15) is 9.59 Å². The van der Waals surface area contributed by atoms with Crippen LogP contribution in [-0.4, -0.2) is 21.6 Å². The normalized spacial score (nSPS) is 10.8. The summed E-state index contributed by atoms with van der Waals surface area (Å²) in [6, 6.07) is 12.9. The van der Waals surface area contributed by atoms with Crippen molar-refractivity contribution < 1.29 is 9.53 Å². The average molecular weight is 325 g/mol. The van der Waals surface area contributed by atoms with Crippen LogP contribution < -0.4 is 15.7 Å². The predicted octanol–water partition coefficient (Wildman–Crippen LogP) is 2.20. The van der Waals surface area contributed by atoms with Gasteiger partial charge in [0, 0.05) is 19.8 Å². The van der Waals surface area contributed by atoms with Crippen molar-refractivity contribution in [2.45, 2.75) is 6.92 Å². The molecule has 6 nitrogen and oxygen atoms in total. The summed E-state index contributed by atoms with van der Waals surface area (Å²) in [5.41, 5.74) is 3.24. The van der Waals surface area contributed by atoms with Crippen LogP contribution in [0.15, 0.2) is 47.3 Å². The molecule has 6 heteroatoms. The molecule has 0 aliphatic rings. The lowest BCUT2D eigenvalue weighted by Gasteiger charge is -2.08. The highest BCUT2D eigenvalue weighted by Crippen LogP contribution is 2.17. The van der Waals surface area contributed by atoms with E-state index in [1.165, 1.54) is 0 Å². The van der Waals surface area contributed by atoms with E-state index in [0.29, 0.717) is 11.4 Å². The lowest BCUT2D eigenvalue weighted by molar-refractivity contribution is -0.118. The standard InChI is InChI=1S/C18H19N3O3/c1-12-4-7-14(8-5-12)24-11-17(22)19-13-6-9-15-16(10-13)21(3)18(23)20(15)2/h4-10H,11H2,1-3H3,(H,19,22). The first kappa shape index (κ1) is 15.9. The lowest BCUT2D eigenvalue weighted by Crippen LogP contribution is -2.20. The number of carbonyl (C=O) groups is 1. The number of carbonyl (C=O) groups excluding carboxylic acids is 1. The van der Waals surface area contributed by atoms with Crippen LogP contribution >= 0.6 is 0 Å². The molecule has 3 rings (SSSR count). The van der Waals surface area contributed by atoms with Crippen LogP contribution in [0.1, 0.15) is 5.56 Å². The monoisotopic (exact) mass is 325 g/mol. The predicted molar refractivity (Wildman–Crippen MR) is 93.5 cm³/mol. The van der Waals surface area contributed by atoms with E-state index >= 15 is 0 Å². The Morgan fingerprint density at radius 3 is 2.42 bits per heavy atom. The number of nitrogens with zero attached hydrogens (tertiary/aromatic N) is 2. The molecule has 0 fully saturated rings. The van der Waals surface area contributed by atoms with E-state index in [1.54, 1.807) is 35.4 Å². The molecule has 2 aromatic carbocycles. The van der Waals surface area contributed by atoms with Crippen molar-refractivity contribution in [2.75, 3.05) is 11.9 Å². The Bertz CT molecular complexity index is 952. The van der Waals surface area contributed by atoms with Crippen LogP contribution in [0.4, 0.5) is 5.69 Å². The molecule has 3 aromatic rings. The molecule has 0 aliphatic carbocycles. The van der Waals surface area contributed by atoms with E-state index in [2.05, 4.69) is 5.32 Å². The first-order valence-corrected chi connectivity index (χ1v) is 7.60. The molecule has 0 spiro atoms. The molecule has 0 atom stereocenters. The molecule has 124 valence electrons. The Kier molecular flexibility index (Phi) is 4.12. The number of ether oxygens (including phenoxy) is 1. The van der Waals surface area contributed by atoms with Gasteiger partial charge in [0.25, 0.3) is 5.91 Å². The summed E-state index contributed by atoms with van der Waals surface area (Å²) in [5.74, 6) is 0.396. The van der Waals surface area contributed by atoms with Crippen LogP contribution in [0.25, 0.3) is 11.0 Å². The summed E-state index contributed by atoms with van der Waals surface area (Å²) >= 11 is 0. The number of aryl methyl sites for hydroxylation is 3. The summed E-state index contributed by atoms with van der Waals surface area (Å²) in [7, 11) is 3.43.